The number of rotatable bonds is 6. The second-order valence-corrected chi connectivity index (χ2v) is 5.67. The van der Waals surface area contributed by atoms with E-state index < -0.39 is 0 Å². The maximum Gasteiger partial charge on any atom is 0.0446 e. The first kappa shape index (κ1) is 15.5. The summed E-state index contributed by atoms with van der Waals surface area (Å²) in [6.07, 6.45) is 1.11. The van der Waals surface area contributed by atoms with Crippen molar-refractivity contribution in [2.45, 2.75) is 26.3 Å². The lowest BCUT2D eigenvalue weighted by atomic mass is 10.0. The number of hydrogen-bond acceptors (Lipinski definition) is 3. The van der Waals surface area contributed by atoms with E-state index in [-0.39, 0.29) is 0 Å². The quantitative estimate of drug-likeness (QED) is 0.858. The van der Waals surface area contributed by atoms with Crippen molar-refractivity contribution in [2.24, 2.45) is 0 Å². The summed E-state index contributed by atoms with van der Waals surface area (Å²) in [6.45, 7) is 11.6. The minimum Gasteiger partial charge on any atom is -0.312 e. The molecule has 1 saturated heterocycles. The van der Waals surface area contributed by atoms with Gasteiger partial charge in [-0.15, -0.1) is 0 Å². The highest BCUT2D eigenvalue weighted by molar-refractivity contribution is 5.25. The van der Waals surface area contributed by atoms with Crippen LogP contribution in [-0.4, -0.2) is 56.1 Å². The van der Waals surface area contributed by atoms with E-state index in [0.29, 0.717) is 6.04 Å². The zero-order valence-corrected chi connectivity index (χ0v) is 13.2. The lowest BCUT2D eigenvalue weighted by molar-refractivity contribution is 0.128. The third-order valence-corrected chi connectivity index (χ3v) is 4.49. The number of nitrogens with zero attached hydrogens (tertiary/aromatic N) is 2. The van der Waals surface area contributed by atoms with Gasteiger partial charge in [0.1, 0.15) is 0 Å². The van der Waals surface area contributed by atoms with E-state index in [9.17, 15) is 0 Å². The van der Waals surface area contributed by atoms with Crippen LogP contribution in [0.3, 0.4) is 0 Å². The highest BCUT2D eigenvalue weighted by Gasteiger charge is 2.19. The number of hydrogen-bond donors (Lipinski definition) is 1. The van der Waals surface area contributed by atoms with Gasteiger partial charge in [0.25, 0.3) is 0 Å². The summed E-state index contributed by atoms with van der Waals surface area (Å²) in [5.41, 5.74) is 2.82. The summed E-state index contributed by atoms with van der Waals surface area (Å²) in [4.78, 5) is 5.11. The molecular formula is C17H29N3. The lowest BCUT2D eigenvalue weighted by Gasteiger charge is -2.36. The minimum atomic E-state index is 0.439. The molecular weight excluding hydrogens is 246 g/mol. The summed E-state index contributed by atoms with van der Waals surface area (Å²) in [7, 11) is 2.07. The third kappa shape index (κ3) is 4.05. The molecule has 1 aromatic rings. The molecule has 1 fully saturated rings. The molecule has 0 saturated carbocycles. The molecule has 0 aromatic heterocycles. The van der Waals surface area contributed by atoms with Gasteiger partial charge in [0, 0.05) is 38.8 Å². The predicted octanol–water partition coefficient (Wildman–Crippen LogP) is 2.15. The average molecular weight is 275 g/mol. The molecule has 1 heterocycles. The van der Waals surface area contributed by atoms with Gasteiger partial charge < -0.3 is 10.2 Å². The van der Waals surface area contributed by atoms with E-state index in [2.05, 4.69) is 60.3 Å². The van der Waals surface area contributed by atoms with Crippen LogP contribution in [0.2, 0.25) is 0 Å². The number of likely N-dealkylation sites (N-methyl/N-ethyl adjacent to an activating group) is 2. The van der Waals surface area contributed by atoms with E-state index in [4.69, 9.17) is 0 Å². The summed E-state index contributed by atoms with van der Waals surface area (Å²) >= 11 is 0. The van der Waals surface area contributed by atoms with E-state index >= 15 is 0 Å². The van der Waals surface area contributed by atoms with Crippen molar-refractivity contribution in [3.05, 3.63) is 35.4 Å². The fourth-order valence-corrected chi connectivity index (χ4v) is 2.90. The van der Waals surface area contributed by atoms with Crippen molar-refractivity contribution in [1.29, 1.82) is 0 Å². The lowest BCUT2D eigenvalue weighted by Crippen LogP contribution is -2.48. The molecule has 1 unspecified atom stereocenters. The van der Waals surface area contributed by atoms with E-state index in [1.54, 1.807) is 0 Å². The Bertz CT molecular complexity index is 380. The molecule has 0 bridgehead atoms. The van der Waals surface area contributed by atoms with E-state index in [0.717, 1.165) is 13.0 Å². The fraction of sp³-hybridized carbons (Fsp3) is 0.647. The Morgan fingerprint density at radius 1 is 1.00 bits per heavy atom. The van der Waals surface area contributed by atoms with Crippen molar-refractivity contribution in [2.75, 3.05) is 46.3 Å². The normalized spacial score (nSPS) is 19.1. The molecule has 112 valence electrons. The maximum atomic E-state index is 3.47. The molecule has 1 aromatic carbocycles. The molecule has 3 heteroatoms. The van der Waals surface area contributed by atoms with Crippen LogP contribution in [0.4, 0.5) is 0 Å². The van der Waals surface area contributed by atoms with Gasteiger partial charge in [-0.05, 0) is 31.1 Å². The number of benzene rings is 1. The summed E-state index contributed by atoms with van der Waals surface area (Å²) < 4.78 is 0. The topological polar surface area (TPSA) is 18.5 Å². The summed E-state index contributed by atoms with van der Waals surface area (Å²) in [5.74, 6) is 0. The zero-order chi connectivity index (χ0) is 14.4. The van der Waals surface area contributed by atoms with Crippen LogP contribution in [0.1, 0.15) is 31.0 Å². The second-order valence-electron chi connectivity index (χ2n) is 5.67. The average Bonchev–Trinajstić information content (AvgIpc) is 2.53. The van der Waals surface area contributed by atoms with E-state index in [1.807, 2.05) is 0 Å². The largest absolute Gasteiger partial charge is 0.312 e. The summed E-state index contributed by atoms with van der Waals surface area (Å²) in [5, 5.41) is 3.47. The maximum absolute atomic E-state index is 3.47. The highest BCUT2D eigenvalue weighted by Crippen LogP contribution is 2.16. The molecule has 0 amide bonds. The monoisotopic (exact) mass is 275 g/mol. The number of aryl methyl sites for hydroxylation is 1. The van der Waals surface area contributed by atoms with Crippen molar-refractivity contribution >= 4 is 0 Å². The van der Waals surface area contributed by atoms with Gasteiger partial charge in [-0.1, -0.05) is 38.1 Å². The van der Waals surface area contributed by atoms with Crippen molar-refractivity contribution in [3.8, 4) is 0 Å². The molecule has 0 spiro atoms. The Hall–Kier alpha value is -0.900. The van der Waals surface area contributed by atoms with Gasteiger partial charge in [0.15, 0.2) is 0 Å². The Balaban J connectivity index is 1.91. The molecule has 2 rings (SSSR count). The minimum absolute atomic E-state index is 0.439. The number of piperazine rings is 1. The van der Waals surface area contributed by atoms with Gasteiger partial charge in [-0.2, -0.15) is 0 Å². The van der Waals surface area contributed by atoms with Crippen LogP contribution in [-0.2, 0) is 6.42 Å². The second kappa shape index (κ2) is 7.77. The molecule has 1 atom stereocenters. The Kier molecular flexibility index (Phi) is 6.02. The molecule has 1 N–H and O–H groups in total. The van der Waals surface area contributed by atoms with Crippen LogP contribution in [0.5, 0.6) is 0 Å². The van der Waals surface area contributed by atoms with Crippen LogP contribution >= 0.6 is 0 Å². The first-order valence-electron chi connectivity index (χ1n) is 7.97. The Labute approximate surface area is 124 Å². The van der Waals surface area contributed by atoms with Crippen LogP contribution in [0.15, 0.2) is 24.3 Å². The SMILES string of the molecule is CCc1ccc(C(CN2CCN(CC)CC2)NC)cc1. The Morgan fingerprint density at radius 2 is 1.60 bits per heavy atom. The molecule has 1 aliphatic heterocycles. The standard InChI is InChI=1S/C17H29N3/c1-4-15-6-8-16(9-7-15)17(18-3)14-20-12-10-19(5-2)11-13-20/h6-9,17-18H,4-5,10-14H2,1-3H3. The van der Waals surface area contributed by atoms with Crippen molar-refractivity contribution < 1.29 is 0 Å². The third-order valence-electron chi connectivity index (χ3n) is 4.49. The summed E-state index contributed by atoms with van der Waals surface area (Å²) in [6, 6.07) is 9.52. The van der Waals surface area contributed by atoms with Crippen LogP contribution in [0.25, 0.3) is 0 Å². The van der Waals surface area contributed by atoms with Gasteiger partial charge in [-0.25, -0.2) is 0 Å². The van der Waals surface area contributed by atoms with Gasteiger partial charge in [0.05, 0.1) is 0 Å². The molecule has 3 nitrogen and oxygen atoms in total. The molecule has 1 aliphatic rings. The molecule has 0 aliphatic carbocycles. The van der Waals surface area contributed by atoms with Gasteiger partial charge in [-0.3, -0.25) is 4.90 Å². The van der Waals surface area contributed by atoms with Crippen molar-refractivity contribution in [1.82, 2.24) is 15.1 Å². The van der Waals surface area contributed by atoms with Crippen LogP contribution < -0.4 is 5.32 Å². The first-order valence-corrected chi connectivity index (χ1v) is 7.97. The van der Waals surface area contributed by atoms with E-state index in [1.165, 1.54) is 43.9 Å². The smallest absolute Gasteiger partial charge is 0.0446 e. The number of nitrogens with one attached hydrogen (secondary N) is 1. The van der Waals surface area contributed by atoms with Crippen molar-refractivity contribution in [3.63, 3.8) is 0 Å². The van der Waals surface area contributed by atoms with Gasteiger partial charge >= 0.3 is 0 Å². The Morgan fingerprint density at radius 3 is 2.10 bits per heavy atom. The first-order chi connectivity index (χ1) is 9.76. The fourth-order valence-electron chi connectivity index (χ4n) is 2.90. The molecule has 20 heavy (non-hydrogen) atoms. The highest BCUT2D eigenvalue weighted by atomic mass is 15.3. The van der Waals surface area contributed by atoms with Crippen LogP contribution in [0, 0.1) is 0 Å². The van der Waals surface area contributed by atoms with Gasteiger partial charge in [0.2, 0.25) is 0 Å². The predicted molar refractivity (Wildman–Crippen MR) is 86.2 cm³/mol. The zero-order valence-electron chi connectivity index (χ0n) is 13.2. The molecule has 0 radical (unpaired) electrons.